The van der Waals surface area contributed by atoms with Crippen LogP contribution >= 0.6 is 0 Å². The van der Waals surface area contributed by atoms with Crippen molar-refractivity contribution in [2.45, 2.75) is 88.2 Å². The number of benzene rings is 1. The number of carboxylic acids is 1. The summed E-state index contributed by atoms with van der Waals surface area (Å²) < 4.78 is 48.8. The normalized spacial score (nSPS) is 40.0. The van der Waals surface area contributed by atoms with E-state index < -0.39 is 47.1 Å². The fraction of sp³-hybridized carbons (Fsp3) is 0.708. The summed E-state index contributed by atoms with van der Waals surface area (Å²) in [6, 6.07) is 4.99. The Morgan fingerprint density at radius 3 is 2.45 bits per heavy atom. The molecular weight excluding hydrogens is 575 g/mol. The smallest absolute Gasteiger partial charge is 0.716 e. The molecule has 10 atom stereocenters. The Balaban J connectivity index is 0.00000200. The molecule has 1 aromatic rings. The van der Waals surface area contributed by atoms with Crippen molar-refractivity contribution in [2.75, 3.05) is 0 Å². The number of aliphatic carboxylic acids is 1. The van der Waals surface area contributed by atoms with E-state index in [1.165, 1.54) is 6.07 Å². The van der Waals surface area contributed by atoms with Crippen molar-refractivity contribution >= 4 is 16.4 Å². The van der Waals surface area contributed by atoms with E-state index in [9.17, 15) is 38.2 Å². The van der Waals surface area contributed by atoms with Gasteiger partial charge in [0.1, 0.15) is 30.2 Å². The summed E-state index contributed by atoms with van der Waals surface area (Å²) in [7, 11) is -4.84. The minimum absolute atomic E-state index is 0. The number of carbonyl (C=O) groups is 1. The van der Waals surface area contributed by atoms with Crippen molar-refractivity contribution in [2.24, 2.45) is 17.3 Å². The van der Waals surface area contributed by atoms with Crippen LogP contribution in [-0.2, 0) is 31.1 Å². The number of carbonyl (C=O) groups excluding carboxylic acids is 1. The maximum atomic E-state index is 11.3. The Labute approximate surface area is 306 Å². The van der Waals surface area contributed by atoms with Crippen molar-refractivity contribution < 1.29 is 155 Å². The quantitative estimate of drug-likeness (QED) is 0.165. The molecule has 11 nitrogen and oxygen atoms in total. The van der Waals surface area contributed by atoms with Gasteiger partial charge in [-0.15, -0.1) is 0 Å². The second kappa shape index (κ2) is 13.0. The summed E-state index contributed by atoms with van der Waals surface area (Å²) in [4.78, 5) is 11.3. The monoisotopic (exact) mass is 604 g/mol. The molecular formula is C24H30K2O11S. The molecule has 1 heterocycles. The molecule has 2 saturated carbocycles. The minimum Gasteiger partial charge on any atom is -0.716 e. The number of aliphatic hydroxyl groups excluding tert-OH is 3. The van der Waals surface area contributed by atoms with Gasteiger partial charge in [0.15, 0.2) is 6.29 Å². The van der Waals surface area contributed by atoms with Gasteiger partial charge in [0.05, 0.1) is 12.1 Å². The van der Waals surface area contributed by atoms with Crippen molar-refractivity contribution in [3.05, 3.63) is 29.3 Å². The van der Waals surface area contributed by atoms with Gasteiger partial charge in [-0.2, -0.15) is 0 Å². The Morgan fingerprint density at radius 1 is 1.08 bits per heavy atom. The van der Waals surface area contributed by atoms with Gasteiger partial charge < -0.3 is 43.4 Å². The topological polar surface area (TPSA) is 186 Å². The van der Waals surface area contributed by atoms with Crippen LogP contribution in [0, 0.1) is 17.3 Å². The second-order valence-corrected chi connectivity index (χ2v) is 11.7. The largest absolute Gasteiger partial charge is 1.00 e. The average Bonchev–Trinajstić information content (AvgIpc) is 3.13. The van der Waals surface area contributed by atoms with Crippen LogP contribution in [0.3, 0.4) is 0 Å². The van der Waals surface area contributed by atoms with Gasteiger partial charge in [0.25, 0.3) is 10.4 Å². The third-order valence-corrected chi connectivity index (χ3v) is 9.31. The fourth-order valence-electron chi connectivity index (χ4n) is 7.22. The van der Waals surface area contributed by atoms with E-state index in [-0.39, 0.29) is 126 Å². The Morgan fingerprint density at radius 2 is 1.79 bits per heavy atom. The molecule has 38 heavy (non-hydrogen) atoms. The zero-order valence-corrected chi connectivity index (χ0v) is 28.7. The maximum Gasteiger partial charge on any atom is 1.00 e. The number of aryl methyl sites for hydroxylation is 1. The number of aliphatic hydroxyl groups is 3. The second-order valence-electron chi connectivity index (χ2n) is 10.7. The number of hydrogen-bond donors (Lipinski definition) is 3. The molecule has 14 heteroatoms. The molecule has 1 saturated heterocycles. The predicted molar refractivity (Wildman–Crippen MR) is 118 cm³/mol. The van der Waals surface area contributed by atoms with Crippen LogP contribution < -0.4 is 112 Å². The standard InChI is InChI=1S/C24H32O11S.2K/c1-24-9-8-14-13-5-3-12(35-36(30,31)32)10-11(13)2-4-15(14)16(24)6-7-17(24)33-23-20(27)18(25)19(26)21(34-23)22(28)29;;/h3,5,10,14-21,23,25-27H,2,4,6-9H2,1H3,(H,28,29)(H,30,31,32);;/q;2*+1/p-2/t14-,15-,16+,17+,18?,19-,20+,21?,23-,24+;;/m1../s1. The van der Waals surface area contributed by atoms with E-state index in [0.29, 0.717) is 24.7 Å². The van der Waals surface area contributed by atoms with Crippen LogP contribution in [0.15, 0.2) is 18.2 Å². The molecule has 0 bridgehead atoms. The summed E-state index contributed by atoms with van der Waals surface area (Å²) in [5.41, 5.74) is 1.85. The van der Waals surface area contributed by atoms with E-state index in [4.69, 9.17) is 9.47 Å². The first-order valence-corrected chi connectivity index (χ1v) is 13.6. The first-order valence-electron chi connectivity index (χ1n) is 12.2. The van der Waals surface area contributed by atoms with Crippen molar-refractivity contribution in [1.82, 2.24) is 0 Å². The number of ether oxygens (including phenoxy) is 2. The third-order valence-electron chi connectivity index (χ3n) is 8.91. The van der Waals surface area contributed by atoms with E-state index in [0.717, 1.165) is 36.8 Å². The Kier molecular flexibility index (Phi) is 11.6. The molecule has 3 fully saturated rings. The maximum absolute atomic E-state index is 11.3. The molecule has 1 aliphatic heterocycles. The Bertz CT molecular complexity index is 1130. The van der Waals surface area contributed by atoms with Gasteiger partial charge in [0, 0.05) is 0 Å². The van der Waals surface area contributed by atoms with Crippen LogP contribution in [0.4, 0.5) is 0 Å². The van der Waals surface area contributed by atoms with Crippen LogP contribution in [0.1, 0.15) is 56.1 Å². The van der Waals surface area contributed by atoms with Gasteiger partial charge in [-0.25, -0.2) is 8.42 Å². The molecule has 0 aromatic heterocycles. The zero-order chi connectivity index (χ0) is 26.0. The molecule has 200 valence electrons. The van der Waals surface area contributed by atoms with Crippen LogP contribution in [0.5, 0.6) is 5.75 Å². The molecule has 3 N–H and O–H groups in total. The van der Waals surface area contributed by atoms with E-state index in [1.807, 2.05) is 6.07 Å². The fourth-order valence-corrected chi connectivity index (χ4v) is 7.56. The molecule has 0 amide bonds. The summed E-state index contributed by atoms with van der Waals surface area (Å²) in [6.45, 7) is 2.13. The van der Waals surface area contributed by atoms with Gasteiger partial charge in [-0.3, -0.25) is 0 Å². The number of fused-ring (bicyclic) bond motifs is 5. The first kappa shape index (κ1) is 34.0. The van der Waals surface area contributed by atoms with Crippen LogP contribution in [0.25, 0.3) is 0 Å². The molecule has 1 aromatic carbocycles. The zero-order valence-electron chi connectivity index (χ0n) is 21.7. The molecule has 0 spiro atoms. The molecule has 0 radical (unpaired) electrons. The van der Waals surface area contributed by atoms with Crippen LogP contribution in [-0.4, -0.2) is 71.1 Å². The molecule has 2 unspecified atom stereocenters. The third kappa shape index (κ3) is 6.51. The SMILES string of the molecule is C[C@]12CC[C@@H]3c4ccc(OS(=O)(=O)[O-])cc4CC[C@H]3[C@@H]1CC[C@@H]2O[C@@H]1OC(C(=O)[O-])[C@H](O)C(O)[C@@H]1O.[K+].[K+]. The van der Waals surface area contributed by atoms with Crippen molar-refractivity contribution in [1.29, 1.82) is 0 Å². The number of carboxylic acid groups (broad SMARTS) is 1. The van der Waals surface area contributed by atoms with E-state index in [1.54, 1.807) is 6.07 Å². The van der Waals surface area contributed by atoms with E-state index >= 15 is 0 Å². The summed E-state index contributed by atoms with van der Waals surface area (Å²) in [6.07, 6.45) is -3.96. The Hall–Kier alpha value is 1.47. The van der Waals surface area contributed by atoms with Crippen molar-refractivity contribution in [3.63, 3.8) is 0 Å². The predicted octanol–water partition coefficient (Wildman–Crippen LogP) is -6.67. The van der Waals surface area contributed by atoms with Gasteiger partial charge in [-0.1, -0.05) is 13.0 Å². The van der Waals surface area contributed by atoms with Crippen LogP contribution in [0.2, 0.25) is 0 Å². The van der Waals surface area contributed by atoms with Gasteiger partial charge in [0.2, 0.25) is 0 Å². The summed E-state index contributed by atoms with van der Waals surface area (Å²) >= 11 is 0. The van der Waals surface area contributed by atoms with Crippen molar-refractivity contribution in [3.8, 4) is 5.75 Å². The van der Waals surface area contributed by atoms with E-state index in [2.05, 4.69) is 11.1 Å². The molecule has 3 aliphatic carbocycles. The number of hydrogen-bond acceptors (Lipinski definition) is 11. The number of rotatable bonds is 5. The van der Waals surface area contributed by atoms with Gasteiger partial charge in [-0.05, 0) is 85.0 Å². The average molecular weight is 605 g/mol. The summed E-state index contributed by atoms with van der Waals surface area (Å²) in [5.74, 6) is -0.772. The summed E-state index contributed by atoms with van der Waals surface area (Å²) in [5, 5.41) is 41.8. The minimum atomic E-state index is -4.84. The molecule has 5 rings (SSSR count). The van der Waals surface area contributed by atoms with Gasteiger partial charge >= 0.3 is 103 Å². The first-order chi connectivity index (χ1) is 16.9. The molecule has 4 aliphatic rings.